The minimum atomic E-state index is 0.612. The fraction of sp³-hybridized carbons (Fsp3) is 0.833. The van der Waals surface area contributed by atoms with Gasteiger partial charge in [0.1, 0.15) is 12.2 Å². The van der Waals surface area contributed by atoms with Crippen molar-refractivity contribution < 1.29 is 0 Å². The predicted molar refractivity (Wildman–Crippen MR) is 72.1 cm³/mol. The first-order valence-corrected chi connectivity index (χ1v) is 7.30. The van der Waals surface area contributed by atoms with E-state index in [0.717, 1.165) is 25.5 Å². The van der Waals surface area contributed by atoms with Crippen LogP contribution in [0.15, 0.2) is 6.33 Å². The van der Waals surface area contributed by atoms with E-state index in [1.165, 1.54) is 19.4 Å². The molecular formula is C12H21BrN4. The Hall–Kier alpha value is -0.420. The van der Waals surface area contributed by atoms with Crippen LogP contribution in [0.5, 0.6) is 0 Å². The number of alkyl halides is 1. The molecule has 96 valence electrons. The van der Waals surface area contributed by atoms with Crippen LogP contribution < -0.4 is 0 Å². The van der Waals surface area contributed by atoms with Gasteiger partial charge in [0.25, 0.3) is 0 Å². The first kappa shape index (κ1) is 13.0. The number of piperidine rings is 1. The smallest absolute Gasteiger partial charge is 0.141 e. The summed E-state index contributed by atoms with van der Waals surface area (Å²) in [6.07, 6.45) is 4.23. The zero-order valence-corrected chi connectivity index (χ0v) is 12.2. The Morgan fingerprint density at radius 2 is 2.35 bits per heavy atom. The predicted octanol–water partition coefficient (Wildman–Crippen LogP) is 2.29. The van der Waals surface area contributed by atoms with Crippen LogP contribution in [0.2, 0.25) is 0 Å². The van der Waals surface area contributed by atoms with Crippen LogP contribution in [-0.4, -0.2) is 37.6 Å². The highest BCUT2D eigenvalue weighted by Gasteiger charge is 2.19. The maximum absolute atomic E-state index is 4.38. The molecule has 0 radical (unpaired) electrons. The van der Waals surface area contributed by atoms with Gasteiger partial charge in [0.15, 0.2) is 0 Å². The molecule has 5 heteroatoms. The lowest BCUT2D eigenvalue weighted by Crippen LogP contribution is -2.36. The van der Waals surface area contributed by atoms with Crippen molar-refractivity contribution in [1.82, 2.24) is 19.7 Å². The van der Waals surface area contributed by atoms with Crippen molar-refractivity contribution in [2.45, 2.75) is 44.6 Å². The van der Waals surface area contributed by atoms with Crippen LogP contribution in [0.1, 0.15) is 32.5 Å². The quantitative estimate of drug-likeness (QED) is 0.800. The van der Waals surface area contributed by atoms with Crippen LogP contribution in [0.4, 0.5) is 0 Å². The molecule has 0 aromatic carbocycles. The Labute approximate surface area is 112 Å². The Morgan fingerprint density at radius 1 is 1.53 bits per heavy atom. The van der Waals surface area contributed by atoms with Gasteiger partial charge in [-0.05, 0) is 25.3 Å². The summed E-state index contributed by atoms with van der Waals surface area (Å²) in [5, 5.41) is 4.31. The minimum Gasteiger partial charge on any atom is -0.295 e. The highest BCUT2D eigenvalue weighted by molar-refractivity contribution is 9.09. The second-order valence-electron chi connectivity index (χ2n) is 5.23. The average molecular weight is 301 g/mol. The van der Waals surface area contributed by atoms with Crippen LogP contribution in [0, 0.1) is 5.92 Å². The molecule has 1 aliphatic rings. The first-order valence-electron chi connectivity index (χ1n) is 6.38. The molecule has 1 aliphatic heterocycles. The molecule has 1 saturated heterocycles. The monoisotopic (exact) mass is 300 g/mol. The lowest BCUT2D eigenvalue weighted by molar-refractivity contribution is 0.217. The Morgan fingerprint density at radius 3 is 3.06 bits per heavy atom. The van der Waals surface area contributed by atoms with Crippen molar-refractivity contribution in [2.24, 2.45) is 5.92 Å². The summed E-state index contributed by atoms with van der Waals surface area (Å²) in [7, 11) is 0. The van der Waals surface area contributed by atoms with Gasteiger partial charge in [-0.15, -0.1) is 0 Å². The highest BCUT2D eigenvalue weighted by Crippen LogP contribution is 2.18. The van der Waals surface area contributed by atoms with E-state index in [1.807, 2.05) is 4.68 Å². The molecule has 0 saturated carbocycles. The second-order valence-corrected chi connectivity index (χ2v) is 6.52. The molecule has 0 spiro atoms. The normalized spacial score (nSPS) is 22.2. The van der Waals surface area contributed by atoms with Crippen LogP contribution in [0.3, 0.4) is 0 Å². The van der Waals surface area contributed by atoms with Crippen molar-refractivity contribution in [2.75, 3.05) is 13.1 Å². The third-order valence-corrected chi connectivity index (χ3v) is 3.79. The molecule has 1 unspecified atom stereocenters. The number of rotatable bonds is 4. The van der Waals surface area contributed by atoms with E-state index in [9.17, 15) is 0 Å². The summed E-state index contributed by atoms with van der Waals surface area (Å²) in [5.74, 6) is 1.71. The van der Waals surface area contributed by atoms with E-state index in [-0.39, 0.29) is 0 Å². The summed E-state index contributed by atoms with van der Waals surface area (Å²) in [6, 6.07) is 0. The zero-order chi connectivity index (χ0) is 12.3. The second kappa shape index (κ2) is 5.96. The largest absolute Gasteiger partial charge is 0.295 e. The molecule has 4 nitrogen and oxygen atoms in total. The number of aromatic nitrogens is 3. The topological polar surface area (TPSA) is 34.0 Å². The molecular weight excluding hydrogens is 280 g/mol. The van der Waals surface area contributed by atoms with Gasteiger partial charge in [-0.1, -0.05) is 29.8 Å². The van der Waals surface area contributed by atoms with Gasteiger partial charge in [0.2, 0.25) is 0 Å². The van der Waals surface area contributed by atoms with Crippen LogP contribution in [0.25, 0.3) is 0 Å². The van der Waals surface area contributed by atoms with Gasteiger partial charge >= 0.3 is 0 Å². The van der Waals surface area contributed by atoms with Crippen molar-refractivity contribution >= 4 is 15.9 Å². The Balaban J connectivity index is 1.95. The van der Waals surface area contributed by atoms with Gasteiger partial charge in [-0.2, -0.15) is 5.10 Å². The number of hydrogen-bond acceptors (Lipinski definition) is 3. The SMILES string of the molecule is CC(C)Cn1ncnc1CN1CCCC(Br)C1. The standard InChI is InChI=1S/C12H21BrN4/c1-10(2)6-17-12(14-9-15-17)8-16-5-3-4-11(13)7-16/h9-11H,3-8H2,1-2H3. The molecule has 17 heavy (non-hydrogen) atoms. The molecule has 1 fully saturated rings. The minimum absolute atomic E-state index is 0.612. The number of nitrogens with zero attached hydrogens (tertiary/aromatic N) is 4. The summed E-state index contributed by atoms with van der Waals surface area (Å²) in [4.78, 5) is 7.48. The average Bonchev–Trinajstić information content (AvgIpc) is 2.65. The van der Waals surface area contributed by atoms with Crippen molar-refractivity contribution in [3.05, 3.63) is 12.2 Å². The number of likely N-dealkylation sites (tertiary alicyclic amines) is 1. The molecule has 0 aliphatic carbocycles. The van der Waals surface area contributed by atoms with Gasteiger partial charge in [-0.25, -0.2) is 9.67 Å². The number of hydrogen-bond donors (Lipinski definition) is 0. The fourth-order valence-corrected chi connectivity index (χ4v) is 2.98. The molecule has 0 bridgehead atoms. The van der Waals surface area contributed by atoms with Gasteiger partial charge < -0.3 is 0 Å². The van der Waals surface area contributed by atoms with E-state index >= 15 is 0 Å². The summed E-state index contributed by atoms with van der Waals surface area (Å²) in [6.45, 7) is 8.60. The maximum Gasteiger partial charge on any atom is 0.141 e. The van der Waals surface area contributed by atoms with Gasteiger partial charge in [0.05, 0.1) is 6.54 Å². The van der Waals surface area contributed by atoms with Crippen LogP contribution in [-0.2, 0) is 13.1 Å². The molecule has 1 aromatic heterocycles. The maximum atomic E-state index is 4.38. The van der Waals surface area contributed by atoms with Crippen LogP contribution >= 0.6 is 15.9 Å². The molecule has 2 rings (SSSR count). The third-order valence-electron chi connectivity index (χ3n) is 3.05. The van der Waals surface area contributed by atoms with Gasteiger partial charge in [0, 0.05) is 17.9 Å². The van der Waals surface area contributed by atoms with Crippen molar-refractivity contribution in [1.29, 1.82) is 0 Å². The summed E-state index contributed by atoms with van der Waals surface area (Å²) < 4.78 is 2.04. The van der Waals surface area contributed by atoms with E-state index in [0.29, 0.717) is 10.7 Å². The van der Waals surface area contributed by atoms with E-state index in [1.54, 1.807) is 6.33 Å². The molecule has 2 heterocycles. The molecule has 1 atom stereocenters. The lowest BCUT2D eigenvalue weighted by atomic mass is 10.1. The molecule has 0 amide bonds. The van der Waals surface area contributed by atoms with Crippen molar-refractivity contribution in [3.63, 3.8) is 0 Å². The Kier molecular flexibility index (Phi) is 4.56. The van der Waals surface area contributed by atoms with Crippen molar-refractivity contribution in [3.8, 4) is 0 Å². The summed E-state index contributed by atoms with van der Waals surface area (Å²) in [5.41, 5.74) is 0. The third kappa shape index (κ3) is 3.78. The molecule has 0 N–H and O–H groups in total. The fourth-order valence-electron chi connectivity index (χ4n) is 2.25. The Bertz CT molecular complexity index is 350. The van der Waals surface area contributed by atoms with E-state index < -0.39 is 0 Å². The summed E-state index contributed by atoms with van der Waals surface area (Å²) >= 11 is 3.71. The number of halogens is 1. The van der Waals surface area contributed by atoms with Gasteiger partial charge in [-0.3, -0.25) is 4.90 Å². The zero-order valence-electron chi connectivity index (χ0n) is 10.6. The molecule has 1 aromatic rings. The first-order chi connectivity index (χ1) is 8.15. The lowest BCUT2D eigenvalue weighted by Gasteiger charge is -2.29. The highest BCUT2D eigenvalue weighted by atomic mass is 79.9. The van der Waals surface area contributed by atoms with E-state index in [2.05, 4.69) is 44.8 Å². The van der Waals surface area contributed by atoms with E-state index in [4.69, 9.17) is 0 Å².